The summed E-state index contributed by atoms with van der Waals surface area (Å²) in [5, 5.41) is 3.31. The molecule has 0 aliphatic rings. The Hall–Kier alpha value is -3.65. The molecule has 0 bridgehead atoms. The number of fused-ring (bicyclic) bond motifs is 1. The fraction of sp³-hybridized carbons (Fsp3) is 0.174. The van der Waals surface area contributed by atoms with Crippen LogP contribution < -0.4 is 20.3 Å². The zero-order valence-electron chi connectivity index (χ0n) is 17.1. The number of ether oxygens (including phenoxy) is 2. The molecule has 158 valence electrons. The van der Waals surface area contributed by atoms with Crippen molar-refractivity contribution in [3.05, 3.63) is 81.7 Å². The van der Waals surface area contributed by atoms with Crippen molar-refractivity contribution in [2.24, 2.45) is 0 Å². The first-order valence-corrected chi connectivity index (χ1v) is 10.5. The van der Waals surface area contributed by atoms with Crippen molar-refractivity contribution < 1.29 is 14.3 Å². The van der Waals surface area contributed by atoms with Crippen LogP contribution in [0.25, 0.3) is 10.2 Å². The van der Waals surface area contributed by atoms with E-state index >= 15 is 0 Å². The Morgan fingerprint density at radius 2 is 1.87 bits per heavy atom. The van der Waals surface area contributed by atoms with Gasteiger partial charge in [0.2, 0.25) is 0 Å². The number of carbonyl (C=O) groups is 1. The van der Waals surface area contributed by atoms with E-state index in [-0.39, 0.29) is 11.5 Å². The van der Waals surface area contributed by atoms with Gasteiger partial charge in [0.1, 0.15) is 22.9 Å². The fourth-order valence-corrected chi connectivity index (χ4v) is 4.28. The van der Waals surface area contributed by atoms with E-state index in [1.165, 1.54) is 22.2 Å². The molecule has 0 unspecified atom stereocenters. The maximum Gasteiger partial charge on any atom is 0.266 e. The number of rotatable bonds is 7. The Morgan fingerprint density at radius 1 is 1.13 bits per heavy atom. The van der Waals surface area contributed by atoms with Crippen molar-refractivity contribution in [1.82, 2.24) is 9.55 Å². The molecule has 4 rings (SSSR count). The van der Waals surface area contributed by atoms with E-state index in [9.17, 15) is 9.59 Å². The molecule has 7 nitrogen and oxygen atoms in total. The van der Waals surface area contributed by atoms with Gasteiger partial charge in [-0.3, -0.25) is 14.2 Å². The van der Waals surface area contributed by atoms with Gasteiger partial charge in [0.25, 0.3) is 11.5 Å². The summed E-state index contributed by atoms with van der Waals surface area (Å²) in [6.07, 6.45) is 1.50. The van der Waals surface area contributed by atoms with Gasteiger partial charge in [-0.15, -0.1) is 11.3 Å². The number of aryl methyl sites for hydroxylation is 1. The van der Waals surface area contributed by atoms with E-state index in [0.29, 0.717) is 45.2 Å². The minimum Gasteiger partial charge on any atom is -0.495 e. The highest BCUT2D eigenvalue weighted by molar-refractivity contribution is 7.20. The molecule has 0 fully saturated rings. The van der Waals surface area contributed by atoms with Crippen molar-refractivity contribution in [1.29, 1.82) is 0 Å². The van der Waals surface area contributed by atoms with Crippen LogP contribution >= 0.6 is 11.3 Å². The van der Waals surface area contributed by atoms with Crippen molar-refractivity contribution in [2.45, 2.75) is 13.5 Å². The van der Waals surface area contributed by atoms with Crippen molar-refractivity contribution in [3.63, 3.8) is 0 Å². The topological polar surface area (TPSA) is 82.4 Å². The largest absolute Gasteiger partial charge is 0.495 e. The Labute approximate surface area is 182 Å². The molecule has 2 aromatic heterocycles. The first-order chi connectivity index (χ1) is 15.1. The number of hydrogen-bond acceptors (Lipinski definition) is 6. The molecule has 1 amide bonds. The number of benzene rings is 2. The van der Waals surface area contributed by atoms with Gasteiger partial charge in [0.05, 0.1) is 35.9 Å². The summed E-state index contributed by atoms with van der Waals surface area (Å²) in [5.41, 5.74) is 0.991. The summed E-state index contributed by atoms with van der Waals surface area (Å²) in [6.45, 7) is 2.46. The fourth-order valence-electron chi connectivity index (χ4n) is 3.24. The molecule has 0 saturated heterocycles. The van der Waals surface area contributed by atoms with Gasteiger partial charge < -0.3 is 14.8 Å². The molecule has 0 radical (unpaired) electrons. The molecule has 0 atom stereocenters. The third kappa shape index (κ3) is 4.29. The summed E-state index contributed by atoms with van der Waals surface area (Å²) in [7, 11) is 1.55. The second-order valence-corrected chi connectivity index (χ2v) is 7.79. The SMILES string of the molecule is COc1ccccc1NC(=O)c1sc2ncn(CCOc3ccccc3)c(=O)c2c1C. The summed E-state index contributed by atoms with van der Waals surface area (Å²) in [6, 6.07) is 16.6. The van der Waals surface area contributed by atoms with Gasteiger partial charge in [-0.1, -0.05) is 30.3 Å². The van der Waals surface area contributed by atoms with Crippen molar-refractivity contribution in [3.8, 4) is 11.5 Å². The number of nitrogens with one attached hydrogen (secondary N) is 1. The highest BCUT2D eigenvalue weighted by Gasteiger charge is 2.20. The minimum atomic E-state index is -0.302. The normalized spacial score (nSPS) is 10.8. The quantitative estimate of drug-likeness (QED) is 0.472. The molecule has 31 heavy (non-hydrogen) atoms. The van der Waals surface area contributed by atoms with Crippen LogP contribution in [0.5, 0.6) is 11.5 Å². The van der Waals surface area contributed by atoms with Crippen LogP contribution in [0.1, 0.15) is 15.2 Å². The molecule has 4 aromatic rings. The number of amides is 1. The third-order valence-corrected chi connectivity index (χ3v) is 6.02. The molecule has 0 aliphatic heterocycles. The molecule has 0 aliphatic carbocycles. The van der Waals surface area contributed by atoms with Gasteiger partial charge in [-0.2, -0.15) is 0 Å². The van der Waals surface area contributed by atoms with E-state index in [2.05, 4.69) is 10.3 Å². The molecule has 1 N–H and O–H groups in total. The predicted molar refractivity (Wildman–Crippen MR) is 122 cm³/mol. The van der Waals surface area contributed by atoms with Crippen LogP contribution in [0.4, 0.5) is 5.69 Å². The Balaban J connectivity index is 1.56. The number of aromatic nitrogens is 2. The number of para-hydroxylation sites is 3. The average molecular weight is 436 g/mol. The van der Waals surface area contributed by atoms with Crippen LogP contribution in [-0.2, 0) is 6.54 Å². The first kappa shape index (κ1) is 20.6. The number of anilines is 1. The maximum atomic E-state index is 13.0. The Bertz CT molecular complexity index is 1280. The predicted octanol–water partition coefficient (Wildman–Crippen LogP) is 4.11. The van der Waals surface area contributed by atoms with E-state index in [1.807, 2.05) is 42.5 Å². The van der Waals surface area contributed by atoms with Gasteiger partial charge in [0, 0.05) is 0 Å². The van der Waals surface area contributed by atoms with Gasteiger partial charge >= 0.3 is 0 Å². The number of methoxy groups -OCH3 is 1. The van der Waals surface area contributed by atoms with Crippen LogP contribution in [0, 0.1) is 6.92 Å². The smallest absolute Gasteiger partial charge is 0.266 e. The lowest BCUT2D eigenvalue weighted by molar-refractivity contribution is 0.102. The van der Waals surface area contributed by atoms with Crippen molar-refractivity contribution >= 4 is 33.1 Å². The second-order valence-electron chi connectivity index (χ2n) is 6.80. The Kier molecular flexibility index (Phi) is 5.99. The lowest BCUT2D eigenvalue weighted by Gasteiger charge is -2.09. The van der Waals surface area contributed by atoms with Gasteiger partial charge in [-0.25, -0.2) is 4.98 Å². The van der Waals surface area contributed by atoms with Crippen LogP contribution in [-0.4, -0.2) is 29.2 Å². The molecule has 8 heteroatoms. The molecular formula is C23H21N3O4S. The zero-order chi connectivity index (χ0) is 21.8. The van der Waals surface area contributed by atoms with E-state index in [1.54, 1.807) is 26.2 Å². The average Bonchev–Trinajstić information content (AvgIpc) is 3.13. The zero-order valence-corrected chi connectivity index (χ0v) is 17.9. The molecule has 2 heterocycles. The first-order valence-electron chi connectivity index (χ1n) is 9.69. The number of thiophene rings is 1. The van der Waals surface area contributed by atoms with Gasteiger partial charge in [0.15, 0.2) is 0 Å². The highest BCUT2D eigenvalue weighted by atomic mass is 32.1. The summed E-state index contributed by atoms with van der Waals surface area (Å²) < 4.78 is 12.5. The van der Waals surface area contributed by atoms with Crippen LogP contribution in [0.2, 0.25) is 0 Å². The lowest BCUT2D eigenvalue weighted by Crippen LogP contribution is -2.23. The van der Waals surface area contributed by atoms with Crippen LogP contribution in [0.3, 0.4) is 0 Å². The molecule has 0 saturated carbocycles. The maximum absolute atomic E-state index is 13.0. The molecule has 0 spiro atoms. The van der Waals surface area contributed by atoms with E-state index < -0.39 is 0 Å². The second kappa shape index (κ2) is 9.01. The Morgan fingerprint density at radius 3 is 2.65 bits per heavy atom. The van der Waals surface area contributed by atoms with E-state index in [4.69, 9.17) is 9.47 Å². The standard InChI is InChI=1S/C23H21N3O4S/c1-15-19-22(31-20(15)21(27)25-17-10-6-7-11-18(17)29-2)24-14-26(23(19)28)12-13-30-16-8-4-3-5-9-16/h3-11,14H,12-13H2,1-2H3,(H,25,27). The number of hydrogen-bond donors (Lipinski definition) is 1. The number of nitrogens with zero attached hydrogens (tertiary/aromatic N) is 2. The third-order valence-electron chi connectivity index (χ3n) is 4.82. The summed E-state index contributed by atoms with van der Waals surface area (Å²) >= 11 is 1.20. The van der Waals surface area contributed by atoms with Gasteiger partial charge in [-0.05, 0) is 36.8 Å². The number of carbonyl (C=O) groups excluding carboxylic acids is 1. The summed E-state index contributed by atoms with van der Waals surface area (Å²) in [4.78, 5) is 31.3. The lowest BCUT2D eigenvalue weighted by atomic mass is 10.2. The van der Waals surface area contributed by atoms with E-state index in [0.717, 1.165) is 5.75 Å². The highest BCUT2D eigenvalue weighted by Crippen LogP contribution is 2.29. The van der Waals surface area contributed by atoms with Crippen LogP contribution in [0.15, 0.2) is 65.7 Å². The monoisotopic (exact) mass is 435 g/mol. The minimum absolute atomic E-state index is 0.188. The molecular weight excluding hydrogens is 414 g/mol. The van der Waals surface area contributed by atoms with Crippen molar-refractivity contribution in [2.75, 3.05) is 19.0 Å². The molecule has 2 aromatic carbocycles. The summed E-state index contributed by atoms with van der Waals surface area (Å²) in [5.74, 6) is 1.00.